The first-order valence-corrected chi connectivity index (χ1v) is 12.2. The van der Waals surface area contributed by atoms with Crippen LogP contribution in [0.4, 0.5) is 4.39 Å². The molecule has 2 aromatic rings. The molecule has 170 valence electrons. The number of hydrogen-bond donors (Lipinski definition) is 0. The number of sulfonamides is 1. The van der Waals surface area contributed by atoms with Gasteiger partial charge in [-0.15, -0.1) is 0 Å². The van der Waals surface area contributed by atoms with Crippen molar-refractivity contribution >= 4 is 21.6 Å². The van der Waals surface area contributed by atoms with Crippen molar-refractivity contribution in [3.63, 3.8) is 0 Å². The Morgan fingerprint density at radius 2 is 1.66 bits per heavy atom. The van der Waals surface area contributed by atoms with E-state index >= 15 is 0 Å². The van der Waals surface area contributed by atoms with Crippen LogP contribution in [0.5, 0.6) is 5.75 Å². The van der Waals surface area contributed by atoms with Gasteiger partial charge in [-0.2, -0.15) is 0 Å². The van der Waals surface area contributed by atoms with Crippen molar-refractivity contribution in [3.05, 3.63) is 53.3 Å². The molecule has 0 unspecified atom stereocenters. The molecule has 4 rings (SSSR count). The summed E-state index contributed by atoms with van der Waals surface area (Å²) in [6, 6.07) is 9.71. The zero-order chi connectivity index (χ0) is 23.3. The maximum Gasteiger partial charge on any atom is 0.213 e. The highest BCUT2D eigenvalue weighted by molar-refractivity contribution is 7.89. The lowest BCUT2D eigenvalue weighted by molar-refractivity contribution is -0.140. The van der Waals surface area contributed by atoms with Crippen molar-refractivity contribution in [2.75, 3.05) is 26.0 Å². The Hall–Kier alpha value is -2.58. The van der Waals surface area contributed by atoms with Gasteiger partial charge in [0.1, 0.15) is 29.1 Å². The summed E-state index contributed by atoms with van der Waals surface area (Å²) in [5, 5.41) is 0. The van der Waals surface area contributed by atoms with Gasteiger partial charge in [-0.25, -0.2) is 17.1 Å². The normalized spacial score (nSPS) is 19.2. The number of methoxy groups -OCH3 is 1. The molecule has 0 radical (unpaired) electrons. The molecule has 1 spiro atoms. The third-order valence-corrected chi connectivity index (χ3v) is 8.33. The highest BCUT2D eigenvalue weighted by atomic mass is 32.2. The Balaban J connectivity index is 1.62. The molecular formula is C24H26FNO5S. The van der Waals surface area contributed by atoms with Gasteiger partial charge in [-0.1, -0.05) is 18.2 Å². The number of ketones is 2. The number of benzene rings is 2. The molecule has 1 aliphatic carbocycles. The van der Waals surface area contributed by atoms with Crippen LogP contribution in [0.25, 0.3) is 11.1 Å². The maximum absolute atomic E-state index is 13.3. The maximum atomic E-state index is 13.3. The number of hydrogen-bond acceptors (Lipinski definition) is 5. The second kappa shape index (κ2) is 8.08. The third-order valence-electron chi connectivity index (χ3n) is 6.56. The van der Waals surface area contributed by atoms with Crippen molar-refractivity contribution in [1.82, 2.24) is 4.31 Å². The molecule has 0 bridgehead atoms. The topological polar surface area (TPSA) is 80.8 Å². The Morgan fingerprint density at radius 1 is 1.06 bits per heavy atom. The molecular weight excluding hydrogens is 433 g/mol. The van der Waals surface area contributed by atoms with Crippen molar-refractivity contribution in [3.8, 4) is 16.9 Å². The fourth-order valence-electron chi connectivity index (χ4n) is 4.93. The first-order chi connectivity index (χ1) is 15.1. The van der Waals surface area contributed by atoms with E-state index < -0.39 is 21.4 Å². The highest BCUT2D eigenvalue weighted by Crippen LogP contribution is 2.48. The summed E-state index contributed by atoms with van der Waals surface area (Å²) in [4.78, 5) is 26.3. The van der Waals surface area contributed by atoms with E-state index in [2.05, 4.69) is 0 Å². The Bertz CT molecular complexity index is 1160. The van der Waals surface area contributed by atoms with Crippen molar-refractivity contribution in [1.29, 1.82) is 0 Å². The van der Waals surface area contributed by atoms with Gasteiger partial charge in [0.15, 0.2) is 0 Å². The second-order valence-electron chi connectivity index (χ2n) is 8.80. The SMILES string of the molecule is CCS(=O)(=O)N1CC2(CC(=O)C(c3c(C)cc(-c4ccc(F)cc4)cc3OC)C(=O)C2)C1. The van der Waals surface area contributed by atoms with E-state index in [1.54, 1.807) is 25.1 Å². The molecule has 0 atom stereocenters. The average molecular weight is 460 g/mol. The molecule has 1 saturated carbocycles. The molecule has 32 heavy (non-hydrogen) atoms. The van der Waals surface area contributed by atoms with Gasteiger partial charge in [0.25, 0.3) is 0 Å². The molecule has 2 aromatic carbocycles. The fraction of sp³-hybridized carbons (Fsp3) is 0.417. The van der Waals surface area contributed by atoms with E-state index in [0.29, 0.717) is 11.3 Å². The Kier molecular flexibility index (Phi) is 5.71. The minimum atomic E-state index is -3.32. The van der Waals surface area contributed by atoms with Crippen LogP contribution in [0.2, 0.25) is 0 Å². The van der Waals surface area contributed by atoms with Crippen LogP contribution in [0.15, 0.2) is 36.4 Å². The van der Waals surface area contributed by atoms with E-state index in [0.717, 1.165) is 16.7 Å². The van der Waals surface area contributed by atoms with Gasteiger partial charge in [-0.3, -0.25) is 9.59 Å². The number of carbonyl (C=O) groups excluding carboxylic acids is 2. The first-order valence-electron chi connectivity index (χ1n) is 10.6. The third kappa shape index (κ3) is 3.86. The van der Waals surface area contributed by atoms with Crippen LogP contribution < -0.4 is 4.74 Å². The summed E-state index contributed by atoms with van der Waals surface area (Å²) in [6.45, 7) is 3.84. The summed E-state index contributed by atoms with van der Waals surface area (Å²) in [6.07, 6.45) is 0.336. The summed E-state index contributed by atoms with van der Waals surface area (Å²) < 4.78 is 44.4. The number of nitrogens with zero attached hydrogens (tertiary/aromatic N) is 1. The molecule has 6 nitrogen and oxygen atoms in total. The number of carbonyl (C=O) groups is 2. The van der Waals surface area contributed by atoms with E-state index in [1.165, 1.54) is 23.5 Å². The van der Waals surface area contributed by atoms with Gasteiger partial charge in [0, 0.05) is 36.9 Å². The largest absolute Gasteiger partial charge is 0.496 e. The van der Waals surface area contributed by atoms with Crippen molar-refractivity contribution in [2.45, 2.75) is 32.6 Å². The molecule has 8 heteroatoms. The van der Waals surface area contributed by atoms with Crippen molar-refractivity contribution < 1.29 is 27.1 Å². The summed E-state index contributed by atoms with van der Waals surface area (Å²) in [5.74, 6) is -1.21. The van der Waals surface area contributed by atoms with Crippen LogP contribution in [0.3, 0.4) is 0 Å². The van der Waals surface area contributed by atoms with E-state index in [4.69, 9.17) is 4.74 Å². The predicted molar refractivity (Wildman–Crippen MR) is 119 cm³/mol. The first kappa shape index (κ1) is 22.6. The number of rotatable bonds is 5. The average Bonchev–Trinajstić information content (AvgIpc) is 2.72. The van der Waals surface area contributed by atoms with Crippen LogP contribution in [-0.4, -0.2) is 50.2 Å². The lowest BCUT2D eigenvalue weighted by atomic mass is 9.64. The lowest BCUT2D eigenvalue weighted by Crippen LogP contribution is -2.62. The summed E-state index contributed by atoms with van der Waals surface area (Å²) in [7, 11) is -1.83. The highest BCUT2D eigenvalue weighted by Gasteiger charge is 2.55. The van der Waals surface area contributed by atoms with Gasteiger partial charge in [0.2, 0.25) is 10.0 Å². The smallest absolute Gasteiger partial charge is 0.213 e. The number of ether oxygens (including phenoxy) is 1. The quantitative estimate of drug-likeness (QED) is 0.640. The molecule has 0 amide bonds. The fourth-order valence-corrected chi connectivity index (χ4v) is 6.23. The molecule has 1 saturated heterocycles. The minimum Gasteiger partial charge on any atom is -0.496 e. The van der Waals surface area contributed by atoms with Crippen molar-refractivity contribution in [2.24, 2.45) is 5.41 Å². The van der Waals surface area contributed by atoms with Crippen LogP contribution in [0.1, 0.15) is 36.8 Å². The van der Waals surface area contributed by atoms with Gasteiger partial charge >= 0.3 is 0 Å². The zero-order valence-electron chi connectivity index (χ0n) is 18.4. The van der Waals surface area contributed by atoms with Gasteiger partial charge in [-0.05, 0) is 48.7 Å². The molecule has 2 fully saturated rings. The molecule has 1 aliphatic heterocycles. The number of Topliss-reactive ketones (excluding diaryl/α,β-unsaturated/α-hetero) is 2. The van der Waals surface area contributed by atoms with Gasteiger partial charge in [0.05, 0.1) is 12.9 Å². The second-order valence-corrected chi connectivity index (χ2v) is 11.1. The number of halogens is 1. The molecule has 1 heterocycles. The molecule has 0 N–H and O–H groups in total. The zero-order valence-corrected chi connectivity index (χ0v) is 19.2. The Labute approximate surface area is 187 Å². The van der Waals surface area contributed by atoms with E-state index in [9.17, 15) is 22.4 Å². The van der Waals surface area contributed by atoms with Crippen LogP contribution in [-0.2, 0) is 19.6 Å². The van der Waals surface area contributed by atoms with E-state index in [1.807, 2.05) is 13.0 Å². The van der Waals surface area contributed by atoms with Crippen LogP contribution >= 0.6 is 0 Å². The lowest BCUT2D eigenvalue weighted by Gasteiger charge is -2.51. The van der Waals surface area contributed by atoms with Gasteiger partial charge < -0.3 is 4.74 Å². The molecule has 0 aromatic heterocycles. The number of aryl methyl sites for hydroxylation is 1. The van der Waals surface area contributed by atoms with E-state index in [-0.39, 0.29) is 49.1 Å². The van der Waals surface area contributed by atoms with Crippen LogP contribution in [0, 0.1) is 18.2 Å². The monoisotopic (exact) mass is 459 g/mol. The summed E-state index contributed by atoms with van der Waals surface area (Å²) >= 11 is 0. The Morgan fingerprint density at radius 3 is 2.19 bits per heavy atom. The predicted octanol–water partition coefficient (Wildman–Crippen LogP) is 3.48. The summed E-state index contributed by atoms with van der Waals surface area (Å²) in [5.41, 5.74) is 2.30. The standard InChI is InChI=1S/C24H26FNO5S/c1-4-32(29,30)26-13-24(14-26)11-19(27)23(20(28)12-24)22-15(2)9-17(10-21(22)31-3)16-5-7-18(25)8-6-16/h5-10,23H,4,11-14H2,1-3H3. The molecule has 2 aliphatic rings. The minimum absolute atomic E-state index is 0.00436.